The summed E-state index contributed by atoms with van der Waals surface area (Å²) in [4.78, 5) is 11.8. The Bertz CT molecular complexity index is 604. The lowest BCUT2D eigenvalue weighted by Crippen LogP contribution is -2.43. The summed E-state index contributed by atoms with van der Waals surface area (Å²) in [5, 5.41) is 6.15. The van der Waals surface area contributed by atoms with Gasteiger partial charge in [-0.3, -0.25) is 4.79 Å². The van der Waals surface area contributed by atoms with Gasteiger partial charge in [0.05, 0.1) is 10.9 Å². The van der Waals surface area contributed by atoms with Crippen molar-refractivity contribution in [2.75, 3.05) is 19.6 Å². The molecule has 1 saturated heterocycles. The number of hydrogen-bond donors (Lipinski definition) is 3. The van der Waals surface area contributed by atoms with E-state index < -0.39 is 10.0 Å². The van der Waals surface area contributed by atoms with Crippen LogP contribution in [0.2, 0.25) is 5.02 Å². The van der Waals surface area contributed by atoms with Gasteiger partial charge in [0, 0.05) is 18.1 Å². The second kappa shape index (κ2) is 8.69. The normalized spacial score (nSPS) is 17.8. The number of nitrogens with one attached hydrogen (secondary N) is 3. The minimum Gasteiger partial charge on any atom is -0.353 e. The van der Waals surface area contributed by atoms with Crippen molar-refractivity contribution in [3.8, 4) is 0 Å². The van der Waals surface area contributed by atoms with Crippen molar-refractivity contribution < 1.29 is 13.2 Å². The average Bonchev–Trinajstić information content (AvgIpc) is 2.97. The Balaban J connectivity index is 0.00000242. The largest absolute Gasteiger partial charge is 0.353 e. The fourth-order valence-corrected chi connectivity index (χ4v) is 3.45. The monoisotopic (exact) mass is 367 g/mol. The molecule has 1 fully saturated rings. The Kier molecular flexibility index (Phi) is 7.58. The van der Waals surface area contributed by atoms with Gasteiger partial charge < -0.3 is 10.6 Å². The number of hydrogen-bond acceptors (Lipinski definition) is 4. The molecule has 1 aliphatic heterocycles. The van der Waals surface area contributed by atoms with E-state index in [0.29, 0.717) is 5.02 Å². The van der Waals surface area contributed by atoms with Gasteiger partial charge in [-0.1, -0.05) is 17.7 Å². The molecule has 0 spiro atoms. The van der Waals surface area contributed by atoms with Crippen LogP contribution in [0.25, 0.3) is 0 Å². The highest BCUT2D eigenvalue weighted by Crippen LogP contribution is 2.14. The maximum absolute atomic E-state index is 12.0. The molecule has 1 aromatic carbocycles. The van der Waals surface area contributed by atoms with Gasteiger partial charge in [-0.15, -0.1) is 12.4 Å². The number of benzene rings is 1. The van der Waals surface area contributed by atoms with Crippen LogP contribution in [-0.2, 0) is 14.8 Å². The van der Waals surface area contributed by atoms with Crippen LogP contribution in [0.15, 0.2) is 29.2 Å². The molecule has 1 atom stereocenters. The van der Waals surface area contributed by atoms with Gasteiger partial charge in [-0.05, 0) is 37.6 Å². The Labute approximate surface area is 141 Å². The highest BCUT2D eigenvalue weighted by atomic mass is 35.5. The lowest BCUT2D eigenvalue weighted by Gasteiger charge is -2.11. The van der Waals surface area contributed by atoms with E-state index in [2.05, 4.69) is 15.4 Å². The molecule has 1 aliphatic rings. The molecular weight excluding hydrogens is 349 g/mol. The van der Waals surface area contributed by atoms with Gasteiger partial charge in [-0.2, -0.15) is 0 Å². The molecule has 3 N–H and O–H groups in total. The predicted octanol–water partition coefficient (Wildman–Crippen LogP) is 0.908. The zero-order valence-electron chi connectivity index (χ0n) is 11.8. The first-order valence-corrected chi connectivity index (χ1v) is 8.61. The van der Waals surface area contributed by atoms with Crippen LogP contribution in [0.3, 0.4) is 0 Å². The summed E-state index contributed by atoms with van der Waals surface area (Å²) in [5.74, 6) is -0.0885. The van der Waals surface area contributed by atoms with Gasteiger partial charge in [0.15, 0.2) is 0 Å². The number of amides is 1. The molecule has 0 aromatic heterocycles. The molecule has 1 aromatic rings. The van der Waals surface area contributed by atoms with Gasteiger partial charge in [-0.25, -0.2) is 13.1 Å². The zero-order chi connectivity index (χ0) is 15.3. The molecule has 1 heterocycles. The summed E-state index contributed by atoms with van der Waals surface area (Å²) in [5.41, 5.74) is 0. The van der Waals surface area contributed by atoms with E-state index >= 15 is 0 Å². The van der Waals surface area contributed by atoms with Crippen molar-refractivity contribution in [1.82, 2.24) is 15.4 Å². The van der Waals surface area contributed by atoms with Crippen molar-refractivity contribution >= 4 is 39.9 Å². The third-order valence-corrected chi connectivity index (χ3v) is 4.89. The van der Waals surface area contributed by atoms with Crippen molar-refractivity contribution in [3.05, 3.63) is 29.3 Å². The van der Waals surface area contributed by atoms with E-state index in [0.717, 1.165) is 19.4 Å². The lowest BCUT2D eigenvalue weighted by atomic mass is 10.2. The summed E-state index contributed by atoms with van der Waals surface area (Å²) >= 11 is 5.77. The third kappa shape index (κ3) is 5.40. The van der Waals surface area contributed by atoms with Gasteiger partial charge in [0.2, 0.25) is 15.9 Å². The molecule has 124 valence electrons. The Morgan fingerprint density at radius 3 is 2.77 bits per heavy atom. The first-order chi connectivity index (χ1) is 9.99. The zero-order valence-corrected chi connectivity index (χ0v) is 14.2. The second-order valence-electron chi connectivity index (χ2n) is 4.80. The highest BCUT2D eigenvalue weighted by molar-refractivity contribution is 7.89. The van der Waals surface area contributed by atoms with E-state index in [1.807, 2.05) is 0 Å². The molecule has 6 nitrogen and oxygen atoms in total. The van der Waals surface area contributed by atoms with Crippen LogP contribution < -0.4 is 15.4 Å². The van der Waals surface area contributed by atoms with E-state index in [4.69, 9.17) is 11.6 Å². The number of rotatable bonds is 6. The summed E-state index contributed by atoms with van der Waals surface area (Å²) in [6.07, 6.45) is 1.81. The van der Waals surface area contributed by atoms with E-state index in [1.54, 1.807) is 12.1 Å². The van der Waals surface area contributed by atoms with E-state index in [-0.39, 0.29) is 42.3 Å². The van der Waals surface area contributed by atoms with Crippen LogP contribution in [0.5, 0.6) is 0 Å². The molecule has 1 unspecified atom stereocenters. The Hall–Kier alpha value is -0.860. The molecule has 2 rings (SSSR count). The summed E-state index contributed by atoms with van der Waals surface area (Å²) in [6.45, 7) is 1.23. The predicted molar refractivity (Wildman–Crippen MR) is 87.9 cm³/mol. The number of carbonyl (C=O) groups is 1. The molecule has 0 radical (unpaired) electrons. The Morgan fingerprint density at radius 2 is 2.14 bits per heavy atom. The summed E-state index contributed by atoms with van der Waals surface area (Å²) < 4.78 is 26.4. The third-order valence-electron chi connectivity index (χ3n) is 3.20. The maximum atomic E-state index is 12.0. The SMILES string of the molecule is Cl.O=C(NCCNS(=O)(=O)c1cccc(Cl)c1)C1CCCN1. The van der Waals surface area contributed by atoms with E-state index in [1.165, 1.54) is 12.1 Å². The van der Waals surface area contributed by atoms with Crippen LogP contribution in [0.1, 0.15) is 12.8 Å². The molecule has 0 saturated carbocycles. The minimum atomic E-state index is -3.60. The molecule has 0 bridgehead atoms. The van der Waals surface area contributed by atoms with Crippen LogP contribution in [0, 0.1) is 0 Å². The molecule has 22 heavy (non-hydrogen) atoms. The van der Waals surface area contributed by atoms with Crippen molar-refractivity contribution in [2.45, 2.75) is 23.8 Å². The molecule has 9 heteroatoms. The number of sulfonamides is 1. The van der Waals surface area contributed by atoms with Crippen molar-refractivity contribution in [2.24, 2.45) is 0 Å². The van der Waals surface area contributed by atoms with E-state index in [9.17, 15) is 13.2 Å². The second-order valence-corrected chi connectivity index (χ2v) is 7.00. The number of halogens is 2. The lowest BCUT2D eigenvalue weighted by molar-refractivity contribution is -0.122. The first-order valence-electron chi connectivity index (χ1n) is 6.75. The summed E-state index contributed by atoms with van der Waals surface area (Å²) in [7, 11) is -3.60. The number of carbonyl (C=O) groups excluding carboxylic acids is 1. The van der Waals surface area contributed by atoms with Crippen molar-refractivity contribution in [3.63, 3.8) is 0 Å². The fourth-order valence-electron chi connectivity index (χ4n) is 2.12. The quantitative estimate of drug-likeness (QED) is 0.652. The van der Waals surface area contributed by atoms with Crippen molar-refractivity contribution in [1.29, 1.82) is 0 Å². The highest BCUT2D eigenvalue weighted by Gasteiger charge is 2.21. The molecule has 0 aliphatic carbocycles. The fraction of sp³-hybridized carbons (Fsp3) is 0.462. The van der Waals surface area contributed by atoms with Crippen LogP contribution >= 0.6 is 24.0 Å². The molecular formula is C13H19Cl2N3O3S. The van der Waals surface area contributed by atoms with Gasteiger partial charge in [0.25, 0.3) is 0 Å². The average molecular weight is 368 g/mol. The topological polar surface area (TPSA) is 87.3 Å². The van der Waals surface area contributed by atoms with Gasteiger partial charge >= 0.3 is 0 Å². The van der Waals surface area contributed by atoms with Crippen LogP contribution in [-0.4, -0.2) is 40.0 Å². The maximum Gasteiger partial charge on any atom is 0.240 e. The van der Waals surface area contributed by atoms with Gasteiger partial charge in [0.1, 0.15) is 0 Å². The van der Waals surface area contributed by atoms with Crippen LogP contribution in [0.4, 0.5) is 0 Å². The Morgan fingerprint density at radius 1 is 1.36 bits per heavy atom. The molecule has 1 amide bonds. The summed E-state index contributed by atoms with van der Waals surface area (Å²) in [6, 6.07) is 5.87. The minimum absolute atomic E-state index is 0. The smallest absolute Gasteiger partial charge is 0.240 e. The first kappa shape index (κ1) is 19.2. The standard InChI is InChI=1S/C13H18ClN3O3S.ClH/c14-10-3-1-4-11(9-10)21(19,20)17-8-7-16-13(18)12-5-2-6-15-12;/h1,3-4,9,12,15,17H,2,5-8H2,(H,16,18);1H.